The number of hydrazone groups is 1. The summed E-state index contributed by atoms with van der Waals surface area (Å²) in [6, 6.07) is 28.0. The summed E-state index contributed by atoms with van der Waals surface area (Å²) in [6.45, 7) is 1.98. The first-order chi connectivity index (χ1) is 15.7. The lowest BCUT2D eigenvalue weighted by molar-refractivity contribution is 0.0950. The summed E-state index contributed by atoms with van der Waals surface area (Å²) < 4.78 is 0. The number of nitrogens with zero attached hydrogens (tertiary/aromatic N) is 2. The van der Waals surface area contributed by atoms with E-state index in [9.17, 15) is 4.79 Å². The van der Waals surface area contributed by atoms with Gasteiger partial charge in [-0.25, -0.2) is 5.43 Å². The number of hydrogen-bond acceptors (Lipinski definition) is 3. The topological polar surface area (TPSA) is 85.9 Å². The molecule has 0 aliphatic heterocycles. The molecule has 5 rings (SSSR count). The Labute approximate surface area is 185 Å². The van der Waals surface area contributed by atoms with Gasteiger partial charge in [0, 0.05) is 27.7 Å². The van der Waals surface area contributed by atoms with Crippen molar-refractivity contribution in [2.24, 2.45) is 5.10 Å². The molecule has 0 bridgehead atoms. The highest BCUT2D eigenvalue weighted by Gasteiger charge is 2.11. The smallest absolute Gasteiger partial charge is 0.289 e. The molecule has 0 unspecified atom stereocenters. The molecule has 156 valence electrons. The molecule has 0 radical (unpaired) electrons. The normalized spacial score (nSPS) is 11.3. The second-order valence-corrected chi connectivity index (χ2v) is 7.52. The fraction of sp³-hybridized carbons (Fsp3) is 0.0385. The Balaban J connectivity index is 1.28. The third kappa shape index (κ3) is 3.81. The molecule has 2 aromatic heterocycles. The number of aromatic amines is 2. The predicted octanol–water partition coefficient (Wildman–Crippen LogP) is 5.30. The maximum absolute atomic E-state index is 12.5. The van der Waals surface area contributed by atoms with E-state index in [1.165, 1.54) is 0 Å². The van der Waals surface area contributed by atoms with Crippen molar-refractivity contribution >= 4 is 23.0 Å². The number of aromatic nitrogens is 3. The quantitative estimate of drug-likeness (QED) is 0.267. The Kier molecular flexibility index (Phi) is 5.09. The van der Waals surface area contributed by atoms with Crippen LogP contribution in [0.1, 0.15) is 21.7 Å². The summed E-state index contributed by atoms with van der Waals surface area (Å²) in [6.07, 6.45) is 1.66. The maximum atomic E-state index is 12.5. The molecular formula is C26H21N5O. The van der Waals surface area contributed by atoms with Gasteiger partial charge in [-0.15, -0.1) is 0 Å². The first kappa shape index (κ1) is 19.5. The van der Waals surface area contributed by atoms with Gasteiger partial charge >= 0.3 is 0 Å². The Morgan fingerprint density at radius 2 is 1.59 bits per heavy atom. The highest BCUT2D eigenvalue weighted by atomic mass is 16.2. The van der Waals surface area contributed by atoms with Crippen molar-refractivity contribution in [3.63, 3.8) is 0 Å². The van der Waals surface area contributed by atoms with E-state index in [1.807, 2.05) is 73.7 Å². The van der Waals surface area contributed by atoms with E-state index >= 15 is 0 Å². The van der Waals surface area contributed by atoms with Gasteiger partial charge in [-0.2, -0.15) is 10.2 Å². The molecule has 0 spiro atoms. The van der Waals surface area contributed by atoms with Crippen molar-refractivity contribution in [3.05, 3.63) is 102 Å². The van der Waals surface area contributed by atoms with Crippen molar-refractivity contribution in [2.45, 2.75) is 6.92 Å². The third-order valence-corrected chi connectivity index (χ3v) is 5.41. The van der Waals surface area contributed by atoms with Crippen molar-refractivity contribution < 1.29 is 4.79 Å². The van der Waals surface area contributed by atoms with E-state index in [2.05, 4.69) is 37.8 Å². The molecule has 3 aromatic carbocycles. The van der Waals surface area contributed by atoms with Crippen LogP contribution in [0.25, 0.3) is 33.3 Å². The highest BCUT2D eigenvalue weighted by Crippen LogP contribution is 2.24. The van der Waals surface area contributed by atoms with Crippen LogP contribution in [0.4, 0.5) is 0 Å². The molecule has 32 heavy (non-hydrogen) atoms. The molecule has 6 heteroatoms. The Morgan fingerprint density at radius 1 is 0.906 bits per heavy atom. The van der Waals surface area contributed by atoms with Crippen molar-refractivity contribution in [1.82, 2.24) is 20.6 Å². The van der Waals surface area contributed by atoms with Crippen LogP contribution in [0.15, 0.2) is 90.0 Å². The number of carbonyl (C=O) groups excluding carboxylic acids is 1. The summed E-state index contributed by atoms with van der Waals surface area (Å²) in [5.74, 6) is -0.349. The summed E-state index contributed by atoms with van der Waals surface area (Å²) in [5.41, 5.74) is 9.81. The average molecular weight is 419 g/mol. The predicted molar refractivity (Wildman–Crippen MR) is 128 cm³/mol. The second kappa shape index (κ2) is 8.35. The van der Waals surface area contributed by atoms with Crippen LogP contribution in [-0.4, -0.2) is 27.3 Å². The Bertz CT molecular complexity index is 1410. The summed E-state index contributed by atoms with van der Waals surface area (Å²) in [7, 11) is 0. The van der Waals surface area contributed by atoms with E-state index in [1.54, 1.807) is 12.3 Å². The molecular weight excluding hydrogens is 398 g/mol. The summed E-state index contributed by atoms with van der Waals surface area (Å²) >= 11 is 0. The van der Waals surface area contributed by atoms with E-state index in [-0.39, 0.29) is 5.91 Å². The second-order valence-electron chi connectivity index (χ2n) is 7.52. The first-order valence-corrected chi connectivity index (χ1v) is 10.3. The van der Waals surface area contributed by atoms with Gasteiger partial charge < -0.3 is 4.98 Å². The van der Waals surface area contributed by atoms with Crippen LogP contribution in [0.5, 0.6) is 0 Å². The van der Waals surface area contributed by atoms with Crippen molar-refractivity contribution in [2.75, 3.05) is 0 Å². The number of rotatable bonds is 5. The van der Waals surface area contributed by atoms with Crippen LogP contribution in [0, 0.1) is 6.92 Å². The van der Waals surface area contributed by atoms with Crippen molar-refractivity contribution in [3.8, 4) is 22.4 Å². The fourth-order valence-electron chi connectivity index (χ4n) is 3.73. The molecule has 0 saturated heterocycles. The SMILES string of the molecule is Cc1[nH]c2ccccc2c1/C=N/NC(=O)c1cc(-c2ccc(-c3ccccc3)cc2)n[nH]1. The molecule has 3 N–H and O–H groups in total. The van der Waals surface area contributed by atoms with Gasteiger partial charge in [-0.05, 0) is 30.2 Å². The van der Waals surface area contributed by atoms with Gasteiger partial charge in [0.2, 0.25) is 0 Å². The van der Waals surface area contributed by atoms with E-state index in [0.29, 0.717) is 11.4 Å². The molecule has 1 amide bonds. The lowest BCUT2D eigenvalue weighted by Gasteiger charge is -2.02. The molecule has 2 heterocycles. The fourth-order valence-corrected chi connectivity index (χ4v) is 3.73. The number of fused-ring (bicyclic) bond motifs is 1. The third-order valence-electron chi connectivity index (χ3n) is 5.41. The number of benzene rings is 3. The number of hydrogen-bond donors (Lipinski definition) is 3. The minimum absolute atomic E-state index is 0.347. The van der Waals surface area contributed by atoms with Crippen LogP contribution in [0.2, 0.25) is 0 Å². The van der Waals surface area contributed by atoms with Crippen molar-refractivity contribution in [1.29, 1.82) is 0 Å². The van der Waals surface area contributed by atoms with Gasteiger partial charge in [0.1, 0.15) is 5.69 Å². The summed E-state index contributed by atoms with van der Waals surface area (Å²) in [4.78, 5) is 15.8. The van der Waals surface area contributed by atoms with Crippen LogP contribution >= 0.6 is 0 Å². The van der Waals surface area contributed by atoms with Gasteiger partial charge in [-0.1, -0.05) is 72.8 Å². The maximum Gasteiger partial charge on any atom is 0.289 e. The number of carbonyl (C=O) groups is 1. The number of para-hydroxylation sites is 1. The Morgan fingerprint density at radius 3 is 2.41 bits per heavy atom. The van der Waals surface area contributed by atoms with Gasteiger partial charge in [-0.3, -0.25) is 9.89 Å². The summed E-state index contributed by atoms with van der Waals surface area (Å²) in [5, 5.41) is 12.3. The van der Waals surface area contributed by atoms with E-state index < -0.39 is 0 Å². The molecule has 0 aliphatic carbocycles. The number of aryl methyl sites for hydroxylation is 1. The lowest BCUT2D eigenvalue weighted by atomic mass is 10.0. The molecule has 0 fully saturated rings. The minimum atomic E-state index is -0.349. The molecule has 6 nitrogen and oxygen atoms in total. The standard InChI is InChI=1S/C26H21N5O/c1-17-22(21-9-5-6-10-23(21)28-17)16-27-31-26(32)25-15-24(29-30-25)20-13-11-19(12-14-20)18-7-3-2-4-8-18/h2-16,28H,1H3,(H,29,30)(H,31,32)/b27-16+. The van der Waals surface area contributed by atoms with Gasteiger partial charge in [0.05, 0.1) is 11.9 Å². The lowest BCUT2D eigenvalue weighted by Crippen LogP contribution is -2.18. The van der Waals surface area contributed by atoms with E-state index in [0.717, 1.165) is 38.9 Å². The zero-order valence-electron chi connectivity index (χ0n) is 17.5. The zero-order valence-corrected chi connectivity index (χ0v) is 17.5. The zero-order chi connectivity index (χ0) is 21.9. The minimum Gasteiger partial charge on any atom is -0.358 e. The largest absolute Gasteiger partial charge is 0.358 e. The van der Waals surface area contributed by atoms with Crippen LogP contribution in [0.3, 0.4) is 0 Å². The van der Waals surface area contributed by atoms with Crippen LogP contribution in [-0.2, 0) is 0 Å². The molecule has 0 aliphatic rings. The number of H-pyrrole nitrogens is 2. The Hall–Kier alpha value is -4.45. The number of amides is 1. The number of nitrogens with one attached hydrogen (secondary N) is 3. The monoisotopic (exact) mass is 419 g/mol. The molecule has 5 aromatic rings. The first-order valence-electron chi connectivity index (χ1n) is 10.3. The van der Waals surface area contributed by atoms with E-state index in [4.69, 9.17) is 0 Å². The van der Waals surface area contributed by atoms with Gasteiger partial charge in [0.15, 0.2) is 0 Å². The molecule has 0 saturated carbocycles. The van der Waals surface area contributed by atoms with Gasteiger partial charge in [0.25, 0.3) is 5.91 Å². The highest BCUT2D eigenvalue weighted by molar-refractivity contribution is 6.01. The molecule has 0 atom stereocenters. The van der Waals surface area contributed by atoms with Crippen LogP contribution < -0.4 is 5.43 Å². The average Bonchev–Trinajstić information content (AvgIpc) is 3.45.